The van der Waals surface area contributed by atoms with Crippen molar-refractivity contribution in [2.24, 2.45) is 0 Å². The molecule has 0 spiro atoms. The Morgan fingerprint density at radius 1 is 1.00 bits per heavy atom. The number of halogens is 1. The molecule has 0 aliphatic rings. The average molecular weight is 473 g/mol. The number of amides is 1. The monoisotopic (exact) mass is 473 g/mol. The van der Waals surface area contributed by atoms with Gasteiger partial charge in [-0.1, -0.05) is 43.3 Å². The van der Waals surface area contributed by atoms with E-state index in [9.17, 15) is 9.59 Å². The number of nitrogens with zero attached hydrogens (tertiary/aromatic N) is 2. The zero-order valence-corrected chi connectivity index (χ0v) is 17.1. The van der Waals surface area contributed by atoms with Crippen LogP contribution in [0.5, 0.6) is 0 Å². The van der Waals surface area contributed by atoms with Crippen LogP contribution in [0.4, 0.5) is 0 Å². The number of aryl methyl sites for hydroxylation is 1. The number of rotatable bonds is 6. The molecule has 0 bridgehead atoms. The second-order valence-corrected chi connectivity index (χ2v) is 7.41. The van der Waals surface area contributed by atoms with Crippen LogP contribution in [0.3, 0.4) is 0 Å². The first kappa shape index (κ1) is 19.3. The van der Waals surface area contributed by atoms with E-state index in [1.54, 1.807) is 6.07 Å². The molecule has 0 radical (unpaired) electrons. The molecule has 0 fully saturated rings. The SMILES string of the molecule is CCc1ccc(-c2ccc(=O)n(CC(=O)NCc3ccc(I)cc3)n2)cc1. The highest BCUT2D eigenvalue weighted by molar-refractivity contribution is 14.1. The average Bonchev–Trinajstić information content (AvgIpc) is 2.69. The van der Waals surface area contributed by atoms with Crippen molar-refractivity contribution in [3.05, 3.63) is 85.7 Å². The van der Waals surface area contributed by atoms with Crippen molar-refractivity contribution in [3.8, 4) is 11.3 Å². The van der Waals surface area contributed by atoms with E-state index in [0.717, 1.165) is 21.1 Å². The summed E-state index contributed by atoms with van der Waals surface area (Å²) in [5.74, 6) is -0.248. The van der Waals surface area contributed by atoms with Crippen molar-refractivity contribution in [3.63, 3.8) is 0 Å². The van der Waals surface area contributed by atoms with Crippen LogP contribution >= 0.6 is 22.6 Å². The van der Waals surface area contributed by atoms with Crippen LogP contribution < -0.4 is 10.9 Å². The largest absolute Gasteiger partial charge is 0.350 e. The number of hydrogen-bond donors (Lipinski definition) is 1. The molecule has 0 atom stereocenters. The Kier molecular flexibility index (Phi) is 6.39. The molecule has 138 valence electrons. The molecule has 5 nitrogen and oxygen atoms in total. The molecule has 3 aromatic rings. The molecule has 1 heterocycles. The summed E-state index contributed by atoms with van der Waals surface area (Å²) in [4.78, 5) is 24.3. The fourth-order valence-electron chi connectivity index (χ4n) is 2.62. The summed E-state index contributed by atoms with van der Waals surface area (Å²) in [5, 5.41) is 7.17. The minimum absolute atomic E-state index is 0.107. The van der Waals surface area contributed by atoms with Crippen molar-refractivity contribution in [1.82, 2.24) is 15.1 Å². The van der Waals surface area contributed by atoms with Gasteiger partial charge in [0.05, 0.1) is 5.69 Å². The van der Waals surface area contributed by atoms with Gasteiger partial charge in [-0.25, -0.2) is 4.68 Å². The Labute approximate surface area is 171 Å². The zero-order chi connectivity index (χ0) is 19.2. The maximum absolute atomic E-state index is 12.2. The van der Waals surface area contributed by atoms with Crippen molar-refractivity contribution < 1.29 is 4.79 Å². The summed E-state index contributed by atoms with van der Waals surface area (Å²) in [6.45, 7) is 2.41. The molecular formula is C21H20IN3O2. The molecule has 0 aliphatic heterocycles. The predicted molar refractivity (Wildman–Crippen MR) is 114 cm³/mol. The van der Waals surface area contributed by atoms with Gasteiger partial charge in [0.2, 0.25) is 5.91 Å². The molecule has 1 N–H and O–H groups in total. The molecule has 3 rings (SSSR count). The van der Waals surface area contributed by atoms with Crippen molar-refractivity contribution in [2.45, 2.75) is 26.4 Å². The van der Waals surface area contributed by atoms with E-state index >= 15 is 0 Å². The Morgan fingerprint density at radius 2 is 1.67 bits per heavy atom. The number of hydrogen-bond acceptors (Lipinski definition) is 3. The third-order valence-corrected chi connectivity index (χ3v) is 4.94. The summed E-state index contributed by atoms with van der Waals surface area (Å²) in [6.07, 6.45) is 0.966. The van der Waals surface area contributed by atoms with Gasteiger partial charge in [-0.2, -0.15) is 5.10 Å². The maximum atomic E-state index is 12.2. The highest BCUT2D eigenvalue weighted by atomic mass is 127. The lowest BCUT2D eigenvalue weighted by Gasteiger charge is -2.09. The van der Waals surface area contributed by atoms with Gasteiger partial charge >= 0.3 is 0 Å². The summed E-state index contributed by atoms with van der Waals surface area (Å²) >= 11 is 2.23. The predicted octanol–water partition coefficient (Wildman–Crippen LogP) is 3.39. The van der Waals surface area contributed by atoms with E-state index in [1.165, 1.54) is 16.3 Å². The van der Waals surface area contributed by atoms with Crippen LogP contribution in [0.2, 0.25) is 0 Å². The lowest BCUT2D eigenvalue weighted by molar-refractivity contribution is -0.122. The Hall–Kier alpha value is -2.48. The van der Waals surface area contributed by atoms with Crippen LogP contribution in [0.15, 0.2) is 65.5 Å². The fourth-order valence-corrected chi connectivity index (χ4v) is 2.98. The smallest absolute Gasteiger partial charge is 0.267 e. The second-order valence-electron chi connectivity index (χ2n) is 6.17. The molecule has 0 aliphatic carbocycles. The first-order valence-corrected chi connectivity index (χ1v) is 9.81. The topological polar surface area (TPSA) is 64.0 Å². The van der Waals surface area contributed by atoms with E-state index in [0.29, 0.717) is 12.2 Å². The van der Waals surface area contributed by atoms with Crippen LogP contribution in [0.25, 0.3) is 11.3 Å². The highest BCUT2D eigenvalue weighted by Crippen LogP contribution is 2.16. The fraction of sp³-hybridized carbons (Fsp3) is 0.190. The van der Waals surface area contributed by atoms with E-state index < -0.39 is 0 Å². The molecule has 0 unspecified atom stereocenters. The zero-order valence-electron chi connectivity index (χ0n) is 15.0. The van der Waals surface area contributed by atoms with E-state index in [1.807, 2.05) is 48.5 Å². The molecule has 1 aromatic heterocycles. The molecule has 1 amide bonds. The van der Waals surface area contributed by atoms with Gasteiger partial charge in [0, 0.05) is 21.7 Å². The van der Waals surface area contributed by atoms with E-state index in [-0.39, 0.29) is 18.0 Å². The van der Waals surface area contributed by atoms with E-state index in [4.69, 9.17) is 0 Å². The number of carbonyl (C=O) groups is 1. The highest BCUT2D eigenvalue weighted by Gasteiger charge is 2.08. The number of carbonyl (C=O) groups excluding carboxylic acids is 1. The Balaban J connectivity index is 1.69. The van der Waals surface area contributed by atoms with Crippen LogP contribution in [-0.2, 0) is 24.3 Å². The second kappa shape index (κ2) is 8.94. The van der Waals surface area contributed by atoms with Gasteiger partial charge in [0.25, 0.3) is 5.56 Å². The summed E-state index contributed by atoms with van der Waals surface area (Å²) in [6, 6.07) is 19.1. The number of aromatic nitrogens is 2. The quantitative estimate of drug-likeness (QED) is 0.559. The van der Waals surface area contributed by atoms with Crippen molar-refractivity contribution in [2.75, 3.05) is 0 Å². The third-order valence-electron chi connectivity index (χ3n) is 4.22. The van der Waals surface area contributed by atoms with Crippen LogP contribution in [-0.4, -0.2) is 15.7 Å². The Morgan fingerprint density at radius 3 is 2.33 bits per heavy atom. The van der Waals surface area contributed by atoms with Crippen LogP contribution in [0, 0.1) is 3.57 Å². The number of benzene rings is 2. The molecule has 2 aromatic carbocycles. The van der Waals surface area contributed by atoms with Gasteiger partial charge in [0.15, 0.2) is 0 Å². The van der Waals surface area contributed by atoms with Gasteiger partial charge in [-0.3, -0.25) is 9.59 Å². The lowest BCUT2D eigenvalue weighted by atomic mass is 10.1. The number of nitrogens with one attached hydrogen (secondary N) is 1. The minimum atomic E-state index is -0.298. The molecular weight excluding hydrogens is 453 g/mol. The standard InChI is InChI=1S/C21H20IN3O2/c1-2-15-3-7-17(8-4-15)19-11-12-21(27)25(24-19)14-20(26)23-13-16-5-9-18(22)10-6-16/h3-12H,2,13-14H2,1H3,(H,23,26). The maximum Gasteiger partial charge on any atom is 0.267 e. The molecule has 6 heteroatoms. The minimum Gasteiger partial charge on any atom is -0.350 e. The molecule has 0 saturated carbocycles. The Bertz CT molecular complexity index is 980. The molecule has 0 saturated heterocycles. The summed E-state index contributed by atoms with van der Waals surface area (Å²) < 4.78 is 2.34. The summed E-state index contributed by atoms with van der Waals surface area (Å²) in [7, 11) is 0. The lowest BCUT2D eigenvalue weighted by Crippen LogP contribution is -2.33. The van der Waals surface area contributed by atoms with Crippen molar-refractivity contribution in [1.29, 1.82) is 0 Å². The van der Waals surface area contributed by atoms with Gasteiger partial charge in [0.1, 0.15) is 6.54 Å². The first-order valence-electron chi connectivity index (χ1n) is 8.74. The van der Waals surface area contributed by atoms with Crippen LogP contribution in [0.1, 0.15) is 18.1 Å². The van der Waals surface area contributed by atoms with Gasteiger partial charge in [-0.05, 0) is 58.3 Å². The first-order chi connectivity index (χ1) is 13.0. The van der Waals surface area contributed by atoms with Gasteiger partial charge < -0.3 is 5.32 Å². The van der Waals surface area contributed by atoms with Gasteiger partial charge in [-0.15, -0.1) is 0 Å². The summed E-state index contributed by atoms with van der Waals surface area (Å²) in [5.41, 5.74) is 3.53. The third kappa shape index (κ3) is 5.26. The van der Waals surface area contributed by atoms with E-state index in [2.05, 4.69) is 39.9 Å². The molecule has 27 heavy (non-hydrogen) atoms. The van der Waals surface area contributed by atoms with Crippen molar-refractivity contribution >= 4 is 28.5 Å². The normalized spacial score (nSPS) is 10.6.